The lowest BCUT2D eigenvalue weighted by Crippen LogP contribution is -2.39. The van der Waals surface area contributed by atoms with Crippen molar-refractivity contribution in [3.8, 4) is 56.4 Å². The van der Waals surface area contributed by atoms with E-state index in [4.69, 9.17) is 24.5 Å². The van der Waals surface area contributed by atoms with Gasteiger partial charge in [0.1, 0.15) is 5.76 Å². The smallest absolute Gasteiger partial charge is 0.322 e. The molecule has 16 heteroatoms. The van der Waals surface area contributed by atoms with E-state index in [0.717, 1.165) is 119 Å². The van der Waals surface area contributed by atoms with E-state index in [1.54, 1.807) is 43.2 Å². The summed E-state index contributed by atoms with van der Waals surface area (Å²) < 4.78 is 5.41. The van der Waals surface area contributed by atoms with Gasteiger partial charge in [-0.05, 0) is 135 Å². The maximum absolute atomic E-state index is 13.7. The standard InChI is InChI=1S/C37H36N6O2.C29H31N5O2S.C2H6/c1-5-25-19-29(26-12-14-27(15-13-26)36(44)42(3)4)21-30(20-25)39-37(45)43-18-16-33-32(23-43)34(31-11-7-6-9-24(31)2)41-35(40-33)28-10-8-17-38-22-28;1-6-20-13-21(15-22(14-20)37-5)30-29(35)34-12-11-25-24(16-34)27(23-10-8-7-9-17(23)2)32-28(31-25)26-18(3)33-36-19(26)4;1-2/h6-15,17,19-22H,5,16,18,23H2,1-4H3,(H,39,45);7-10,13-15H,6,11-12,16H2,1-5H3,(H,30,35);1-2H3. The van der Waals surface area contributed by atoms with Crippen molar-refractivity contribution in [2.24, 2.45) is 0 Å². The zero-order chi connectivity index (χ0) is 59.6. The number of aryl methyl sites for hydroxylation is 6. The van der Waals surface area contributed by atoms with Crippen molar-refractivity contribution in [1.82, 2.24) is 44.8 Å². The van der Waals surface area contributed by atoms with Gasteiger partial charge in [0.25, 0.3) is 5.91 Å². The first-order valence-electron chi connectivity index (χ1n) is 28.7. The van der Waals surface area contributed by atoms with Crippen LogP contribution in [0.1, 0.15) is 94.3 Å². The fourth-order valence-corrected chi connectivity index (χ4v) is 11.0. The predicted octanol–water partition coefficient (Wildman–Crippen LogP) is 14.7. The summed E-state index contributed by atoms with van der Waals surface area (Å²) in [5, 5.41) is 10.4. The monoisotopic (exact) mass is 1140 g/mol. The molecule has 0 radical (unpaired) electrons. The van der Waals surface area contributed by atoms with Crippen LogP contribution in [0.5, 0.6) is 0 Å². The maximum atomic E-state index is 13.7. The quantitative estimate of drug-likeness (QED) is 0.118. The molecule has 2 aliphatic heterocycles. The third kappa shape index (κ3) is 13.4. The first-order chi connectivity index (χ1) is 40.7. The number of thioether (sulfide) groups is 1. The molecule has 0 atom stereocenters. The molecule has 2 N–H and O–H groups in total. The Morgan fingerprint density at radius 2 is 1.17 bits per heavy atom. The highest BCUT2D eigenvalue weighted by Gasteiger charge is 2.30. The number of amides is 5. The fraction of sp³-hybridized carbons (Fsp3) is 0.279. The first kappa shape index (κ1) is 59.6. The van der Waals surface area contributed by atoms with Crippen molar-refractivity contribution in [2.45, 2.75) is 99.1 Å². The first-order valence-corrected chi connectivity index (χ1v) is 29.9. The number of anilines is 2. The van der Waals surface area contributed by atoms with Gasteiger partial charge in [0.05, 0.1) is 47.1 Å². The normalized spacial score (nSPS) is 12.4. The highest BCUT2D eigenvalue weighted by Crippen LogP contribution is 2.36. The number of nitrogens with zero attached hydrogens (tertiary/aromatic N) is 9. The molecule has 9 aromatic rings. The van der Waals surface area contributed by atoms with Gasteiger partial charge in [-0.2, -0.15) is 0 Å². The SMILES string of the molecule is CC.CCc1cc(NC(=O)N2CCc3nc(-c4c(C)noc4C)nc(-c4ccccc4C)c3C2)cc(SC)c1.CCc1cc(NC(=O)N2CCc3nc(-c4cccnc4)nc(-c4ccccc4C)c3C2)cc(-c2ccc(C(=O)N(C)C)cc2)c1. The predicted molar refractivity (Wildman–Crippen MR) is 337 cm³/mol. The molecule has 6 heterocycles. The van der Waals surface area contributed by atoms with Crippen LogP contribution in [-0.4, -0.2) is 96.2 Å². The molecule has 11 rings (SSSR count). The summed E-state index contributed by atoms with van der Waals surface area (Å²) in [6.07, 6.45) is 8.57. The Labute approximate surface area is 497 Å². The van der Waals surface area contributed by atoms with Crippen molar-refractivity contribution < 1.29 is 18.9 Å². The Kier molecular flexibility index (Phi) is 19.1. The lowest BCUT2D eigenvalue weighted by atomic mass is 9.96. The molecular formula is C68H73N11O4S. The number of benzene rings is 5. The van der Waals surface area contributed by atoms with Crippen LogP contribution in [-0.2, 0) is 38.8 Å². The number of hydrogen-bond acceptors (Lipinski definition) is 11. The molecule has 0 spiro atoms. The lowest BCUT2D eigenvalue weighted by molar-refractivity contribution is 0.0827. The van der Waals surface area contributed by atoms with Crippen molar-refractivity contribution in [2.75, 3.05) is 44.1 Å². The number of pyridine rings is 1. The van der Waals surface area contributed by atoms with E-state index in [-0.39, 0.29) is 18.0 Å². The van der Waals surface area contributed by atoms with Crippen LogP contribution in [0.3, 0.4) is 0 Å². The summed E-state index contributed by atoms with van der Waals surface area (Å²) in [7, 11) is 3.49. The average molecular weight is 1140 g/mol. The fourth-order valence-electron chi connectivity index (χ4n) is 10.5. The third-order valence-electron chi connectivity index (χ3n) is 15.1. The number of aromatic nitrogens is 6. The zero-order valence-corrected chi connectivity index (χ0v) is 50.7. The second-order valence-electron chi connectivity index (χ2n) is 20.9. The maximum Gasteiger partial charge on any atom is 0.322 e. The van der Waals surface area contributed by atoms with Gasteiger partial charge in [0, 0.05) is 102 Å². The summed E-state index contributed by atoms with van der Waals surface area (Å²) in [6.45, 7) is 18.1. The molecule has 0 saturated carbocycles. The molecule has 0 unspecified atom stereocenters. The van der Waals surface area contributed by atoms with Gasteiger partial charge in [-0.1, -0.05) is 99.6 Å². The number of nitrogens with one attached hydrogen (secondary N) is 2. The topological polar surface area (TPSA) is 175 Å². The van der Waals surface area contributed by atoms with Gasteiger partial charge in [0.15, 0.2) is 11.6 Å². The number of urea groups is 2. The highest BCUT2D eigenvalue weighted by molar-refractivity contribution is 7.98. The molecule has 0 saturated heterocycles. The number of carbonyl (C=O) groups excluding carboxylic acids is 3. The molecule has 84 heavy (non-hydrogen) atoms. The van der Waals surface area contributed by atoms with Gasteiger partial charge < -0.3 is 29.9 Å². The van der Waals surface area contributed by atoms with Crippen LogP contribution in [0.25, 0.3) is 56.4 Å². The van der Waals surface area contributed by atoms with Gasteiger partial charge in [-0.15, -0.1) is 11.8 Å². The Hall–Kier alpha value is -9.02. The van der Waals surface area contributed by atoms with Crippen molar-refractivity contribution in [3.63, 3.8) is 0 Å². The molecule has 5 aromatic carbocycles. The van der Waals surface area contributed by atoms with Crippen LogP contribution in [0, 0.1) is 27.7 Å². The minimum Gasteiger partial charge on any atom is -0.361 e. The number of fused-ring (bicyclic) bond motifs is 2. The summed E-state index contributed by atoms with van der Waals surface area (Å²) >= 11 is 1.68. The molecular weight excluding hydrogens is 1070 g/mol. The van der Waals surface area contributed by atoms with E-state index in [9.17, 15) is 14.4 Å². The van der Waals surface area contributed by atoms with Gasteiger partial charge in [-0.25, -0.2) is 29.5 Å². The molecule has 0 aliphatic carbocycles. The number of carbonyl (C=O) groups is 3. The van der Waals surface area contributed by atoms with E-state index in [1.807, 2.05) is 129 Å². The van der Waals surface area contributed by atoms with Crippen LogP contribution in [0.4, 0.5) is 21.0 Å². The molecule has 5 amide bonds. The molecule has 430 valence electrons. The highest BCUT2D eigenvalue weighted by atomic mass is 32.2. The van der Waals surface area contributed by atoms with Crippen LogP contribution >= 0.6 is 11.8 Å². The van der Waals surface area contributed by atoms with E-state index in [2.05, 4.69) is 84.9 Å². The third-order valence-corrected chi connectivity index (χ3v) is 15.8. The molecule has 4 aromatic heterocycles. The second kappa shape index (κ2) is 26.9. The van der Waals surface area contributed by atoms with E-state index < -0.39 is 0 Å². The summed E-state index contributed by atoms with van der Waals surface area (Å²) in [6, 6.07) is 39.9. The molecule has 0 fully saturated rings. The van der Waals surface area contributed by atoms with Crippen LogP contribution < -0.4 is 10.6 Å². The molecule has 2 aliphatic rings. The molecule has 15 nitrogen and oxygen atoms in total. The summed E-state index contributed by atoms with van der Waals surface area (Å²) in [4.78, 5) is 70.1. The Morgan fingerprint density at radius 1 is 0.619 bits per heavy atom. The van der Waals surface area contributed by atoms with Crippen LogP contribution in [0.2, 0.25) is 0 Å². The minimum atomic E-state index is -0.168. The average Bonchev–Trinajstić information content (AvgIpc) is 3.94. The zero-order valence-electron chi connectivity index (χ0n) is 49.9. The number of hydrogen-bond donors (Lipinski definition) is 2. The van der Waals surface area contributed by atoms with Gasteiger partial charge in [0.2, 0.25) is 0 Å². The Morgan fingerprint density at radius 3 is 1.68 bits per heavy atom. The van der Waals surface area contributed by atoms with Crippen molar-refractivity contribution in [1.29, 1.82) is 0 Å². The summed E-state index contributed by atoms with van der Waals surface area (Å²) in [5.41, 5.74) is 18.8. The van der Waals surface area contributed by atoms with E-state index in [0.29, 0.717) is 62.0 Å². The van der Waals surface area contributed by atoms with Crippen molar-refractivity contribution >= 4 is 41.1 Å². The van der Waals surface area contributed by atoms with Crippen molar-refractivity contribution in [3.05, 3.63) is 196 Å². The van der Waals surface area contributed by atoms with E-state index in [1.165, 1.54) is 5.56 Å². The second-order valence-corrected chi connectivity index (χ2v) is 21.8. The Balaban J connectivity index is 0.000000199. The number of rotatable bonds is 11. The van der Waals surface area contributed by atoms with Gasteiger partial charge in [-0.3, -0.25) is 9.78 Å². The Bertz CT molecular complexity index is 3800. The minimum absolute atomic E-state index is 0.0378. The van der Waals surface area contributed by atoms with E-state index >= 15 is 0 Å². The lowest BCUT2D eigenvalue weighted by Gasteiger charge is -2.30. The van der Waals surface area contributed by atoms with Gasteiger partial charge >= 0.3 is 12.1 Å². The molecule has 0 bridgehead atoms. The van der Waals surface area contributed by atoms with Crippen LogP contribution in [0.15, 0.2) is 143 Å². The summed E-state index contributed by atoms with van der Waals surface area (Å²) in [5.74, 6) is 1.92. The largest absolute Gasteiger partial charge is 0.361 e.